The van der Waals surface area contributed by atoms with E-state index < -0.39 is 0 Å². The molecule has 0 saturated carbocycles. The molecule has 0 aliphatic carbocycles. The number of fused-ring (bicyclic) bond motifs is 1. The van der Waals surface area contributed by atoms with Crippen LogP contribution in [0, 0.1) is 19.7 Å². The molecule has 3 rings (SSSR count). The summed E-state index contributed by atoms with van der Waals surface area (Å²) in [5, 5.41) is 2.76. The lowest BCUT2D eigenvalue weighted by atomic mass is 10.0. The fourth-order valence-corrected chi connectivity index (χ4v) is 3.26. The van der Waals surface area contributed by atoms with E-state index >= 15 is 0 Å². The molecule has 0 spiro atoms. The van der Waals surface area contributed by atoms with E-state index in [4.69, 9.17) is 0 Å². The molecule has 1 aromatic heterocycles. The van der Waals surface area contributed by atoms with E-state index in [2.05, 4.69) is 21.9 Å². The number of H-pyrrole nitrogens is 1. The number of aromatic nitrogens is 1. The van der Waals surface area contributed by atoms with Gasteiger partial charge in [-0.3, -0.25) is 4.79 Å². The number of rotatable bonds is 4. The summed E-state index contributed by atoms with van der Waals surface area (Å²) in [6, 6.07) is 4.31. The van der Waals surface area contributed by atoms with Gasteiger partial charge in [-0.15, -0.1) is 0 Å². The van der Waals surface area contributed by atoms with Crippen molar-refractivity contribution >= 4 is 40.9 Å². The van der Waals surface area contributed by atoms with Crippen molar-refractivity contribution < 1.29 is 9.18 Å². The van der Waals surface area contributed by atoms with Crippen molar-refractivity contribution in [1.29, 1.82) is 0 Å². The maximum Gasteiger partial charge on any atom is 0.256 e. The number of aryl methyl sites for hydroxylation is 1. The topological polar surface area (TPSA) is 56.9 Å². The zero-order valence-corrected chi connectivity index (χ0v) is 14.0. The quantitative estimate of drug-likeness (QED) is 0.577. The maximum atomic E-state index is 13.5. The van der Waals surface area contributed by atoms with Gasteiger partial charge in [-0.25, -0.2) is 4.39 Å². The standard InChI is InChI=1S/C17H18FN3OS/c1-4-23-21-16-9(2)15(19-10(16)3)8-13-12-7-11(18)5-6-14(12)20-17(13)22/h5-8,19,21H,4H2,1-3H3,(H,20,22). The van der Waals surface area contributed by atoms with Gasteiger partial charge >= 0.3 is 0 Å². The number of carbonyl (C=O) groups is 1. The van der Waals surface area contributed by atoms with Crippen molar-refractivity contribution in [3.63, 3.8) is 0 Å². The largest absolute Gasteiger partial charge is 0.357 e. The molecule has 1 aliphatic heterocycles. The molecule has 0 fully saturated rings. The lowest BCUT2D eigenvalue weighted by Crippen LogP contribution is -2.03. The van der Waals surface area contributed by atoms with Gasteiger partial charge in [0.15, 0.2) is 0 Å². The number of anilines is 2. The van der Waals surface area contributed by atoms with E-state index in [1.807, 2.05) is 13.8 Å². The molecule has 0 bridgehead atoms. The molecule has 0 radical (unpaired) electrons. The Morgan fingerprint density at radius 2 is 2.13 bits per heavy atom. The monoisotopic (exact) mass is 331 g/mol. The first-order chi connectivity index (χ1) is 11.0. The number of carbonyl (C=O) groups excluding carboxylic acids is 1. The summed E-state index contributed by atoms with van der Waals surface area (Å²) in [5.74, 6) is 0.386. The van der Waals surface area contributed by atoms with Crippen LogP contribution in [-0.2, 0) is 4.79 Å². The van der Waals surface area contributed by atoms with Gasteiger partial charge in [0.25, 0.3) is 5.91 Å². The van der Waals surface area contributed by atoms with Crippen LogP contribution >= 0.6 is 11.9 Å². The van der Waals surface area contributed by atoms with Crippen molar-refractivity contribution in [3.05, 3.63) is 46.5 Å². The number of aromatic amines is 1. The Labute approximate surface area is 138 Å². The number of halogens is 1. The molecule has 120 valence electrons. The van der Waals surface area contributed by atoms with Crippen molar-refractivity contribution in [2.45, 2.75) is 20.8 Å². The van der Waals surface area contributed by atoms with Crippen LogP contribution in [0.4, 0.5) is 15.8 Å². The zero-order chi connectivity index (χ0) is 16.6. The molecule has 1 amide bonds. The highest BCUT2D eigenvalue weighted by Gasteiger charge is 2.25. The lowest BCUT2D eigenvalue weighted by Gasteiger charge is -2.04. The number of hydrogen-bond donors (Lipinski definition) is 3. The molecule has 1 aliphatic rings. The molecule has 6 heteroatoms. The van der Waals surface area contributed by atoms with E-state index in [9.17, 15) is 9.18 Å². The molecule has 2 heterocycles. The van der Waals surface area contributed by atoms with Crippen molar-refractivity contribution in [2.75, 3.05) is 15.8 Å². The first-order valence-corrected chi connectivity index (χ1v) is 8.39. The van der Waals surface area contributed by atoms with Gasteiger partial charge in [-0.2, -0.15) is 0 Å². The smallest absolute Gasteiger partial charge is 0.256 e. The number of amides is 1. The third-order valence-electron chi connectivity index (χ3n) is 3.85. The van der Waals surface area contributed by atoms with Crippen LogP contribution in [0.25, 0.3) is 11.6 Å². The van der Waals surface area contributed by atoms with Crippen molar-refractivity contribution in [2.24, 2.45) is 0 Å². The van der Waals surface area contributed by atoms with Gasteiger partial charge in [0.2, 0.25) is 0 Å². The molecule has 0 atom stereocenters. The Morgan fingerprint density at radius 3 is 2.87 bits per heavy atom. The Hall–Kier alpha value is -2.21. The van der Waals surface area contributed by atoms with Crippen LogP contribution in [0.15, 0.2) is 18.2 Å². The summed E-state index contributed by atoms with van der Waals surface area (Å²) >= 11 is 1.62. The predicted octanol–water partition coefficient (Wildman–Crippen LogP) is 4.34. The number of hydrogen-bond acceptors (Lipinski definition) is 3. The second-order valence-electron chi connectivity index (χ2n) is 5.40. The fraction of sp³-hybridized carbons (Fsp3) is 0.235. The van der Waals surface area contributed by atoms with E-state index in [0.717, 1.165) is 28.4 Å². The molecule has 0 saturated heterocycles. The van der Waals surface area contributed by atoms with E-state index in [-0.39, 0.29) is 11.7 Å². The second kappa shape index (κ2) is 6.12. The van der Waals surface area contributed by atoms with Gasteiger partial charge in [0.1, 0.15) is 5.82 Å². The molecule has 23 heavy (non-hydrogen) atoms. The molecular formula is C17H18FN3OS. The average molecular weight is 331 g/mol. The van der Waals surface area contributed by atoms with Crippen LogP contribution in [-0.4, -0.2) is 16.6 Å². The van der Waals surface area contributed by atoms with Gasteiger partial charge < -0.3 is 15.0 Å². The summed E-state index contributed by atoms with van der Waals surface area (Å²) in [5.41, 5.74) is 5.63. The van der Waals surface area contributed by atoms with Gasteiger partial charge in [-0.05, 0) is 43.7 Å². The molecular weight excluding hydrogens is 313 g/mol. The Bertz CT molecular complexity index is 810. The summed E-state index contributed by atoms with van der Waals surface area (Å²) in [4.78, 5) is 15.5. The molecule has 3 N–H and O–H groups in total. The Balaban J connectivity index is 2.03. The summed E-state index contributed by atoms with van der Waals surface area (Å²) in [6.45, 7) is 6.05. The van der Waals surface area contributed by atoms with Crippen LogP contribution < -0.4 is 10.0 Å². The summed E-state index contributed by atoms with van der Waals surface area (Å²) in [7, 11) is 0. The van der Waals surface area contributed by atoms with Crippen LogP contribution in [0.2, 0.25) is 0 Å². The Morgan fingerprint density at radius 1 is 1.35 bits per heavy atom. The summed E-state index contributed by atoms with van der Waals surface area (Å²) in [6.07, 6.45) is 1.78. The van der Waals surface area contributed by atoms with Crippen LogP contribution in [0.1, 0.15) is 29.4 Å². The molecule has 0 unspecified atom stereocenters. The minimum absolute atomic E-state index is 0.213. The average Bonchev–Trinajstić information content (AvgIpc) is 2.96. The number of nitrogens with one attached hydrogen (secondary N) is 3. The lowest BCUT2D eigenvalue weighted by molar-refractivity contribution is -0.110. The van der Waals surface area contributed by atoms with Crippen LogP contribution in [0.5, 0.6) is 0 Å². The predicted molar refractivity (Wildman–Crippen MR) is 94.9 cm³/mol. The van der Waals surface area contributed by atoms with Gasteiger partial charge in [0, 0.05) is 28.4 Å². The Kier molecular flexibility index (Phi) is 4.17. The third-order valence-corrected chi connectivity index (χ3v) is 4.49. The molecule has 2 aromatic rings. The minimum Gasteiger partial charge on any atom is -0.357 e. The van der Waals surface area contributed by atoms with E-state index in [1.54, 1.807) is 24.1 Å². The van der Waals surface area contributed by atoms with E-state index in [0.29, 0.717) is 16.8 Å². The summed E-state index contributed by atoms with van der Waals surface area (Å²) < 4.78 is 16.8. The normalized spacial score (nSPS) is 15.0. The molecule has 4 nitrogen and oxygen atoms in total. The second-order valence-corrected chi connectivity index (χ2v) is 6.47. The van der Waals surface area contributed by atoms with Crippen LogP contribution in [0.3, 0.4) is 0 Å². The van der Waals surface area contributed by atoms with Crippen molar-refractivity contribution in [1.82, 2.24) is 4.98 Å². The number of benzene rings is 1. The first-order valence-electron chi connectivity index (χ1n) is 7.41. The highest BCUT2D eigenvalue weighted by atomic mass is 32.2. The van der Waals surface area contributed by atoms with E-state index in [1.165, 1.54) is 12.1 Å². The molecule has 1 aromatic carbocycles. The maximum absolute atomic E-state index is 13.5. The minimum atomic E-state index is -0.354. The van der Waals surface area contributed by atoms with Gasteiger partial charge in [-0.1, -0.05) is 18.9 Å². The SMILES string of the molecule is CCSNc1c(C)[nH]c(C=C2C(=O)Nc3ccc(F)cc32)c1C. The van der Waals surface area contributed by atoms with Crippen molar-refractivity contribution in [3.8, 4) is 0 Å². The first kappa shape index (κ1) is 15.7. The fourth-order valence-electron chi connectivity index (χ4n) is 2.66. The highest BCUT2D eigenvalue weighted by Crippen LogP contribution is 2.35. The zero-order valence-electron chi connectivity index (χ0n) is 13.2. The highest BCUT2D eigenvalue weighted by molar-refractivity contribution is 8.00. The third kappa shape index (κ3) is 2.86. The van der Waals surface area contributed by atoms with Gasteiger partial charge in [0.05, 0.1) is 11.3 Å².